The van der Waals surface area contributed by atoms with Crippen LogP contribution >= 0.6 is 11.3 Å². The molecule has 3 nitrogen and oxygen atoms in total. The maximum Gasteiger partial charge on any atom is 0.337 e. The number of Topliss-reactive ketones (excluding diaryl/α,β-unsaturated/α-hetero) is 1. The van der Waals surface area contributed by atoms with E-state index in [1.165, 1.54) is 12.1 Å². The van der Waals surface area contributed by atoms with Crippen LogP contribution < -0.4 is 0 Å². The number of thiophene rings is 1. The van der Waals surface area contributed by atoms with Gasteiger partial charge in [0.2, 0.25) is 0 Å². The normalized spacial score (nSPS) is 12.1. The third-order valence-electron chi connectivity index (χ3n) is 3.41. The number of rotatable bonds is 5. The van der Waals surface area contributed by atoms with Crippen LogP contribution in [0, 0.1) is 12.7 Å². The number of aromatic carboxylic acids is 1. The fourth-order valence-corrected chi connectivity index (χ4v) is 3.35. The van der Waals surface area contributed by atoms with E-state index >= 15 is 0 Å². The van der Waals surface area contributed by atoms with Crippen molar-refractivity contribution in [1.82, 2.24) is 0 Å². The Bertz CT molecular complexity index is 673. The Morgan fingerprint density at radius 1 is 1.29 bits per heavy atom. The predicted octanol–water partition coefficient (Wildman–Crippen LogP) is 4.27. The smallest absolute Gasteiger partial charge is 0.337 e. The van der Waals surface area contributed by atoms with E-state index in [4.69, 9.17) is 0 Å². The standard InChI is InChI=1S/C16H15FO3S/c1-3-12(10-4-6-11(17)7-5-10)14(18)15-13(16(19)20)9(2)8-21-15/h4-8,12H,3H2,1-2H3,(H,19,20). The fourth-order valence-electron chi connectivity index (χ4n) is 2.32. The van der Waals surface area contributed by atoms with Crippen LogP contribution in [0.15, 0.2) is 29.6 Å². The minimum Gasteiger partial charge on any atom is -0.478 e. The summed E-state index contributed by atoms with van der Waals surface area (Å²) in [6.45, 7) is 3.53. The van der Waals surface area contributed by atoms with Gasteiger partial charge < -0.3 is 5.11 Å². The van der Waals surface area contributed by atoms with Gasteiger partial charge in [-0.2, -0.15) is 0 Å². The van der Waals surface area contributed by atoms with Crippen molar-refractivity contribution < 1.29 is 19.1 Å². The van der Waals surface area contributed by atoms with Gasteiger partial charge in [-0.05, 0) is 42.0 Å². The molecule has 0 saturated heterocycles. The average Bonchev–Trinajstić information content (AvgIpc) is 2.83. The largest absolute Gasteiger partial charge is 0.478 e. The summed E-state index contributed by atoms with van der Waals surface area (Å²) in [5.41, 5.74) is 1.36. The number of hydrogen-bond donors (Lipinski definition) is 1. The summed E-state index contributed by atoms with van der Waals surface area (Å²) >= 11 is 1.15. The molecule has 21 heavy (non-hydrogen) atoms. The number of aryl methyl sites for hydroxylation is 1. The molecular formula is C16H15FO3S. The highest BCUT2D eigenvalue weighted by Gasteiger charge is 2.27. The Kier molecular flexibility index (Phi) is 4.53. The lowest BCUT2D eigenvalue weighted by Gasteiger charge is -2.14. The van der Waals surface area contributed by atoms with E-state index in [9.17, 15) is 19.1 Å². The third-order valence-corrected chi connectivity index (χ3v) is 4.52. The zero-order chi connectivity index (χ0) is 15.6. The fraction of sp³-hybridized carbons (Fsp3) is 0.250. The second-order valence-corrected chi connectivity index (χ2v) is 5.68. The molecule has 1 N–H and O–H groups in total. The summed E-state index contributed by atoms with van der Waals surface area (Å²) in [4.78, 5) is 24.2. The first-order valence-electron chi connectivity index (χ1n) is 6.56. The molecule has 0 radical (unpaired) electrons. The minimum absolute atomic E-state index is 0.0746. The number of carboxylic acids is 1. The number of halogens is 1. The first-order valence-corrected chi connectivity index (χ1v) is 7.44. The van der Waals surface area contributed by atoms with Gasteiger partial charge in [0.25, 0.3) is 0 Å². The van der Waals surface area contributed by atoms with Crippen LogP contribution in [0.4, 0.5) is 4.39 Å². The van der Waals surface area contributed by atoms with Crippen molar-refractivity contribution in [2.75, 3.05) is 0 Å². The van der Waals surface area contributed by atoms with Crippen molar-refractivity contribution in [2.24, 2.45) is 0 Å². The lowest BCUT2D eigenvalue weighted by atomic mass is 9.90. The number of carbonyl (C=O) groups excluding carboxylic acids is 1. The second kappa shape index (κ2) is 6.18. The van der Waals surface area contributed by atoms with Gasteiger partial charge in [0.15, 0.2) is 5.78 Å². The molecule has 0 saturated carbocycles. The van der Waals surface area contributed by atoms with Gasteiger partial charge in [0, 0.05) is 5.92 Å². The molecule has 0 aliphatic carbocycles. The monoisotopic (exact) mass is 306 g/mol. The zero-order valence-corrected chi connectivity index (χ0v) is 12.5. The molecule has 2 rings (SSSR count). The third kappa shape index (κ3) is 3.03. The van der Waals surface area contributed by atoms with Crippen molar-refractivity contribution in [3.63, 3.8) is 0 Å². The molecule has 0 spiro atoms. The molecule has 5 heteroatoms. The van der Waals surface area contributed by atoms with Gasteiger partial charge >= 0.3 is 5.97 Å². The Balaban J connectivity index is 2.42. The number of carboxylic acid groups (broad SMARTS) is 1. The summed E-state index contributed by atoms with van der Waals surface area (Å²) in [6, 6.07) is 5.76. The quantitative estimate of drug-likeness (QED) is 0.839. The van der Waals surface area contributed by atoms with Crippen LogP contribution in [0.5, 0.6) is 0 Å². The average molecular weight is 306 g/mol. The van der Waals surface area contributed by atoms with Crippen molar-refractivity contribution in [2.45, 2.75) is 26.2 Å². The molecule has 1 atom stereocenters. The second-order valence-electron chi connectivity index (χ2n) is 4.80. The first kappa shape index (κ1) is 15.4. The Hall–Kier alpha value is -2.01. The predicted molar refractivity (Wildman–Crippen MR) is 79.8 cm³/mol. The van der Waals surface area contributed by atoms with Crippen LogP contribution in [-0.4, -0.2) is 16.9 Å². The van der Waals surface area contributed by atoms with Crippen molar-refractivity contribution >= 4 is 23.1 Å². The van der Waals surface area contributed by atoms with E-state index in [0.717, 1.165) is 11.3 Å². The van der Waals surface area contributed by atoms with Crippen LogP contribution in [0.2, 0.25) is 0 Å². The molecule has 0 amide bonds. The molecule has 0 aliphatic rings. The van der Waals surface area contributed by atoms with E-state index in [0.29, 0.717) is 17.5 Å². The number of benzene rings is 1. The highest BCUT2D eigenvalue weighted by molar-refractivity contribution is 7.12. The minimum atomic E-state index is -1.09. The van der Waals surface area contributed by atoms with Crippen molar-refractivity contribution in [3.05, 3.63) is 57.0 Å². The molecule has 0 aliphatic heterocycles. The van der Waals surface area contributed by atoms with Gasteiger partial charge in [-0.15, -0.1) is 11.3 Å². The summed E-state index contributed by atoms with van der Waals surface area (Å²) in [6.07, 6.45) is 0.528. The van der Waals surface area contributed by atoms with Crippen molar-refractivity contribution in [1.29, 1.82) is 0 Å². The van der Waals surface area contributed by atoms with E-state index in [1.54, 1.807) is 24.4 Å². The zero-order valence-electron chi connectivity index (χ0n) is 11.7. The Morgan fingerprint density at radius 3 is 2.43 bits per heavy atom. The molecule has 2 aromatic rings. The Labute approximate surface area is 126 Å². The maximum absolute atomic E-state index is 13.0. The van der Waals surface area contributed by atoms with Crippen LogP contribution in [0.3, 0.4) is 0 Å². The summed E-state index contributed by atoms with van der Waals surface area (Å²) in [5.74, 6) is -2.13. The van der Waals surface area contributed by atoms with Gasteiger partial charge in [0.1, 0.15) is 5.82 Å². The molecule has 0 bridgehead atoms. The molecule has 1 aromatic heterocycles. The van der Waals surface area contributed by atoms with E-state index < -0.39 is 11.9 Å². The lowest BCUT2D eigenvalue weighted by Crippen LogP contribution is -2.14. The molecule has 1 heterocycles. The molecular weight excluding hydrogens is 291 g/mol. The van der Waals surface area contributed by atoms with Crippen LogP contribution in [-0.2, 0) is 0 Å². The Morgan fingerprint density at radius 2 is 1.90 bits per heavy atom. The summed E-state index contributed by atoms with van der Waals surface area (Å²) in [7, 11) is 0. The maximum atomic E-state index is 13.0. The van der Waals surface area contributed by atoms with Crippen LogP contribution in [0.25, 0.3) is 0 Å². The molecule has 1 aromatic carbocycles. The lowest BCUT2D eigenvalue weighted by molar-refractivity contribution is 0.0691. The van der Waals surface area contributed by atoms with Crippen molar-refractivity contribution in [3.8, 4) is 0 Å². The first-order chi connectivity index (χ1) is 9.95. The number of carbonyl (C=O) groups is 2. The van der Waals surface area contributed by atoms with E-state index in [1.807, 2.05) is 6.92 Å². The van der Waals surface area contributed by atoms with Gasteiger partial charge in [-0.25, -0.2) is 9.18 Å². The van der Waals surface area contributed by atoms with Gasteiger partial charge in [0.05, 0.1) is 10.4 Å². The topological polar surface area (TPSA) is 54.4 Å². The highest BCUT2D eigenvalue weighted by Crippen LogP contribution is 2.30. The van der Waals surface area contributed by atoms with Gasteiger partial charge in [-0.1, -0.05) is 19.1 Å². The highest BCUT2D eigenvalue weighted by atomic mass is 32.1. The van der Waals surface area contributed by atoms with E-state index in [2.05, 4.69) is 0 Å². The molecule has 0 fully saturated rings. The molecule has 1 unspecified atom stereocenters. The van der Waals surface area contributed by atoms with E-state index in [-0.39, 0.29) is 22.0 Å². The summed E-state index contributed by atoms with van der Waals surface area (Å²) in [5, 5.41) is 10.9. The number of hydrogen-bond acceptors (Lipinski definition) is 3. The van der Waals surface area contributed by atoms with Crippen LogP contribution in [0.1, 0.15) is 50.4 Å². The molecule has 110 valence electrons. The number of ketones is 1. The van der Waals surface area contributed by atoms with Gasteiger partial charge in [-0.3, -0.25) is 4.79 Å². The SMILES string of the molecule is CCC(C(=O)c1scc(C)c1C(=O)O)c1ccc(F)cc1. The summed E-state index contributed by atoms with van der Waals surface area (Å²) < 4.78 is 13.0.